The van der Waals surface area contributed by atoms with Crippen LogP contribution in [0.1, 0.15) is 5.56 Å². The summed E-state index contributed by atoms with van der Waals surface area (Å²) >= 11 is 4.95. The van der Waals surface area contributed by atoms with Crippen molar-refractivity contribution in [3.63, 3.8) is 0 Å². The zero-order valence-electron chi connectivity index (χ0n) is 11.5. The van der Waals surface area contributed by atoms with Gasteiger partial charge < -0.3 is 4.90 Å². The van der Waals surface area contributed by atoms with Crippen molar-refractivity contribution < 1.29 is 0 Å². The van der Waals surface area contributed by atoms with Crippen molar-refractivity contribution in [1.29, 1.82) is 10.5 Å². The molecule has 0 bridgehead atoms. The van der Waals surface area contributed by atoms with Gasteiger partial charge in [0.25, 0.3) is 0 Å². The largest absolute Gasteiger partial charge is 0.372 e. The molecule has 0 aliphatic rings. The van der Waals surface area contributed by atoms with E-state index in [1.54, 1.807) is 11.8 Å². The van der Waals surface area contributed by atoms with E-state index >= 15 is 0 Å². The molecule has 1 rings (SSSR count). The van der Waals surface area contributed by atoms with Gasteiger partial charge in [0, 0.05) is 24.1 Å². The third kappa shape index (κ3) is 4.16. The van der Waals surface area contributed by atoms with Crippen LogP contribution in [-0.4, -0.2) is 25.3 Å². The summed E-state index contributed by atoms with van der Waals surface area (Å²) in [4.78, 5) is 1.95. The predicted molar refractivity (Wildman–Crippen MR) is 87.6 cm³/mol. The lowest BCUT2D eigenvalue weighted by Gasteiger charge is -2.16. The average Bonchev–Trinajstić information content (AvgIpc) is 2.44. The highest BCUT2D eigenvalue weighted by Crippen LogP contribution is 2.26. The van der Waals surface area contributed by atoms with E-state index in [0.29, 0.717) is 5.57 Å². The van der Waals surface area contributed by atoms with Gasteiger partial charge in [-0.15, -0.1) is 11.8 Å². The third-order valence-corrected chi connectivity index (χ3v) is 4.00. The number of hydrogen-bond donors (Lipinski definition) is 0. The molecule has 0 fully saturated rings. The molecular weight excluding hydrogens is 334 g/mol. The van der Waals surface area contributed by atoms with Crippen LogP contribution in [0.25, 0.3) is 5.57 Å². The van der Waals surface area contributed by atoms with Gasteiger partial charge in [0.05, 0.1) is 5.03 Å². The summed E-state index contributed by atoms with van der Waals surface area (Å²) in [5.74, 6) is 0. The minimum atomic E-state index is 0.112. The number of halogens is 1. The van der Waals surface area contributed by atoms with Crippen molar-refractivity contribution in [2.24, 2.45) is 0 Å². The fraction of sp³-hybridized carbons (Fsp3) is 0.200. The molecule has 102 valence electrons. The summed E-state index contributed by atoms with van der Waals surface area (Å²) in [5.41, 5.74) is 1.60. The Labute approximate surface area is 132 Å². The highest BCUT2D eigenvalue weighted by molar-refractivity contribution is 9.10. The summed E-state index contributed by atoms with van der Waals surface area (Å²) in [5, 5.41) is 19.3. The maximum absolute atomic E-state index is 9.15. The zero-order chi connectivity index (χ0) is 15.1. The third-order valence-electron chi connectivity index (χ3n) is 2.57. The molecule has 0 aliphatic heterocycles. The number of benzene rings is 1. The molecule has 0 saturated heterocycles. The van der Waals surface area contributed by atoms with Gasteiger partial charge in [-0.05, 0) is 30.0 Å². The molecule has 0 unspecified atom stereocenters. The lowest BCUT2D eigenvalue weighted by molar-refractivity contribution is 0.551. The Morgan fingerprint density at radius 3 is 2.15 bits per heavy atom. The van der Waals surface area contributed by atoms with Crippen LogP contribution in [0.3, 0.4) is 0 Å². The van der Waals surface area contributed by atoms with E-state index in [1.165, 1.54) is 0 Å². The van der Waals surface area contributed by atoms with Crippen molar-refractivity contribution in [2.45, 2.75) is 0 Å². The summed E-state index contributed by atoms with van der Waals surface area (Å²) in [7, 11) is 3.86. The van der Waals surface area contributed by atoms with E-state index in [9.17, 15) is 0 Å². The van der Waals surface area contributed by atoms with Crippen molar-refractivity contribution in [2.75, 3.05) is 20.4 Å². The molecule has 0 aliphatic carbocycles. The first-order valence-electron chi connectivity index (χ1n) is 5.77. The van der Waals surface area contributed by atoms with Crippen LogP contribution >= 0.6 is 27.7 Å². The number of allylic oxidation sites excluding steroid dienone is 3. The normalized spacial score (nSPS) is 10.4. The van der Waals surface area contributed by atoms with Gasteiger partial charge in [0.15, 0.2) is 0 Å². The Balaban J connectivity index is 3.47. The maximum atomic E-state index is 9.15. The first-order chi connectivity index (χ1) is 9.53. The quantitative estimate of drug-likeness (QED) is 0.609. The molecule has 0 amide bonds. The SMILES string of the molecule is CS/C(=C\C(=C(C#N)C#N)c1ccc(Br)cc1)N(C)C. The molecule has 3 nitrogen and oxygen atoms in total. The van der Waals surface area contributed by atoms with E-state index in [2.05, 4.69) is 15.9 Å². The summed E-state index contributed by atoms with van der Waals surface area (Å²) in [6, 6.07) is 11.5. The Morgan fingerprint density at radius 1 is 1.20 bits per heavy atom. The van der Waals surface area contributed by atoms with Crippen LogP contribution in [0, 0.1) is 22.7 Å². The van der Waals surface area contributed by atoms with E-state index in [4.69, 9.17) is 10.5 Å². The minimum absolute atomic E-state index is 0.112. The molecule has 1 aromatic carbocycles. The second-order valence-corrected chi connectivity index (χ2v) is 5.84. The van der Waals surface area contributed by atoms with Gasteiger partial charge in [-0.25, -0.2) is 0 Å². The number of thioether (sulfide) groups is 1. The van der Waals surface area contributed by atoms with Crippen LogP contribution in [0.2, 0.25) is 0 Å². The Morgan fingerprint density at radius 2 is 1.75 bits per heavy atom. The highest BCUT2D eigenvalue weighted by Gasteiger charge is 2.09. The van der Waals surface area contributed by atoms with Crippen LogP contribution < -0.4 is 0 Å². The molecule has 0 atom stereocenters. The molecule has 20 heavy (non-hydrogen) atoms. The highest BCUT2D eigenvalue weighted by atomic mass is 79.9. The number of nitrogens with zero attached hydrogens (tertiary/aromatic N) is 3. The molecule has 1 aromatic rings. The number of nitriles is 2. The Kier molecular flexibility index (Phi) is 6.38. The summed E-state index contributed by atoms with van der Waals surface area (Å²) in [6.45, 7) is 0. The topological polar surface area (TPSA) is 50.8 Å². The molecule has 5 heteroatoms. The number of rotatable bonds is 4. The van der Waals surface area contributed by atoms with E-state index < -0.39 is 0 Å². The molecular formula is C15H14BrN3S. The lowest BCUT2D eigenvalue weighted by atomic mass is 10.0. The maximum Gasteiger partial charge on any atom is 0.137 e. The summed E-state index contributed by atoms with van der Waals surface area (Å²) in [6.07, 6.45) is 3.83. The van der Waals surface area contributed by atoms with Gasteiger partial charge in [-0.1, -0.05) is 28.1 Å². The average molecular weight is 348 g/mol. The molecule has 0 radical (unpaired) electrons. The monoisotopic (exact) mass is 347 g/mol. The van der Waals surface area contributed by atoms with E-state index in [0.717, 1.165) is 15.1 Å². The van der Waals surface area contributed by atoms with E-state index in [1.807, 2.05) is 67.7 Å². The lowest BCUT2D eigenvalue weighted by Crippen LogP contribution is -2.08. The fourth-order valence-corrected chi connectivity index (χ4v) is 2.43. The van der Waals surface area contributed by atoms with Gasteiger partial charge >= 0.3 is 0 Å². The van der Waals surface area contributed by atoms with Gasteiger partial charge in [0.1, 0.15) is 17.7 Å². The standard InChI is InChI=1S/C15H14BrN3S/c1-19(2)15(20-3)8-14(12(9-17)10-18)11-4-6-13(16)7-5-11/h4-8H,1-3H3/b15-8-. The van der Waals surface area contributed by atoms with E-state index in [-0.39, 0.29) is 5.57 Å². The first kappa shape index (κ1) is 16.4. The molecule has 0 heterocycles. The first-order valence-corrected chi connectivity index (χ1v) is 7.78. The second-order valence-electron chi connectivity index (χ2n) is 4.10. The van der Waals surface area contributed by atoms with Crippen LogP contribution in [-0.2, 0) is 0 Å². The Bertz CT molecular complexity index is 600. The van der Waals surface area contributed by atoms with Crippen molar-refractivity contribution in [3.8, 4) is 12.1 Å². The molecule has 0 N–H and O–H groups in total. The van der Waals surface area contributed by atoms with Crippen molar-refractivity contribution >= 4 is 33.3 Å². The minimum Gasteiger partial charge on any atom is -0.372 e. The Hall–Kier alpha value is -1.69. The number of hydrogen-bond acceptors (Lipinski definition) is 4. The second kappa shape index (κ2) is 7.79. The molecule has 0 spiro atoms. The van der Waals surface area contributed by atoms with Gasteiger partial charge in [0.2, 0.25) is 0 Å². The van der Waals surface area contributed by atoms with Crippen molar-refractivity contribution in [3.05, 3.63) is 51.0 Å². The van der Waals surface area contributed by atoms with Crippen LogP contribution in [0.4, 0.5) is 0 Å². The fourth-order valence-electron chi connectivity index (χ4n) is 1.57. The smallest absolute Gasteiger partial charge is 0.137 e. The summed E-state index contributed by atoms with van der Waals surface area (Å²) < 4.78 is 0.956. The molecule has 0 aromatic heterocycles. The van der Waals surface area contributed by atoms with Gasteiger partial charge in [-0.3, -0.25) is 0 Å². The van der Waals surface area contributed by atoms with Crippen molar-refractivity contribution in [1.82, 2.24) is 4.90 Å². The predicted octanol–water partition coefficient (Wildman–Crippen LogP) is 4.02. The zero-order valence-corrected chi connectivity index (χ0v) is 13.9. The van der Waals surface area contributed by atoms with Crippen LogP contribution in [0.15, 0.2) is 45.4 Å². The van der Waals surface area contributed by atoms with Crippen LogP contribution in [0.5, 0.6) is 0 Å². The molecule has 0 saturated carbocycles. The van der Waals surface area contributed by atoms with Gasteiger partial charge in [-0.2, -0.15) is 10.5 Å².